The zero-order valence-corrected chi connectivity index (χ0v) is 12.5. The van der Waals surface area contributed by atoms with Crippen molar-refractivity contribution in [2.45, 2.75) is 58.0 Å². The molecule has 1 aromatic rings. The van der Waals surface area contributed by atoms with E-state index in [0.717, 1.165) is 18.4 Å². The predicted molar refractivity (Wildman–Crippen MR) is 83.5 cm³/mol. The average molecular weight is 274 g/mol. The molecule has 1 aromatic carbocycles. The standard InChI is InChI=1S/C18H26O2/c1-3-5-6-7-8-12-15-17(20-18(19)4-2)16-13-10-9-11-14-16/h4,9-11,13-14,17H,2-3,5-8,12,15H2,1H3. The summed E-state index contributed by atoms with van der Waals surface area (Å²) < 4.78 is 5.46. The van der Waals surface area contributed by atoms with Crippen LogP contribution in [0.25, 0.3) is 0 Å². The van der Waals surface area contributed by atoms with Crippen molar-refractivity contribution < 1.29 is 9.53 Å². The summed E-state index contributed by atoms with van der Waals surface area (Å²) in [5.74, 6) is -0.343. The summed E-state index contributed by atoms with van der Waals surface area (Å²) >= 11 is 0. The zero-order chi connectivity index (χ0) is 14.6. The van der Waals surface area contributed by atoms with Crippen LogP contribution in [-0.4, -0.2) is 5.97 Å². The summed E-state index contributed by atoms with van der Waals surface area (Å²) in [6.45, 7) is 5.69. The Morgan fingerprint density at radius 2 is 1.80 bits per heavy atom. The van der Waals surface area contributed by atoms with Gasteiger partial charge in [0.05, 0.1) is 0 Å². The zero-order valence-electron chi connectivity index (χ0n) is 12.5. The van der Waals surface area contributed by atoms with Crippen molar-refractivity contribution in [2.75, 3.05) is 0 Å². The average Bonchev–Trinajstić information content (AvgIpc) is 2.50. The maximum absolute atomic E-state index is 11.4. The van der Waals surface area contributed by atoms with Crippen LogP contribution in [0.2, 0.25) is 0 Å². The van der Waals surface area contributed by atoms with Crippen LogP contribution in [0.15, 0.2) is 43.0 Å². The van der Waals surface area contributed by atoms with Crippen LogP contribution in [-0.2, 0) is 9.53 Å². The van der Waals surface area contributed by atoms with E-state index in [0.29, 0.717) is 0 Å². The lowest BCUT2D eigenvalue weighted by atomic mass is 10.0. The molecule has 0 saturated heterocycles. The minimum Gasteiger partial charge on any atom is -0.454 e. The molecule has 1 unspecified atom stereocenters. The van der Waals surface area contributed by atoms with Crippen LogP contribution in [0.5, 0.6) is 0 Å². The minimum absolute atomic E-state index is 0.145. The first-order valence-corrected chi connectivity index (χ1v) is 7.66. The van der Waals surface area contributed by atoms with Crippen LogP contribution in [0.1, 0.15) is 63.5 Å². The molecule has 2 heteroatoms. The summed E-state index contributed by atoms with van der Waals surface area (Å²) in [4.78, 5) is 11.4. The van der Waals surface area contributed by atoms with Gasteiger partial charge in [0, 0.05) is 6.08 Å². The third-order valence-corrected chi connectivity index (χ3v) is 3.42. The van der Waals surface area contributed by atoms with E-state index in [-0.39, 0.29) is 12.1 Å². The van der Waals surface area contributed by atoms with Crippen LogP contribution in [0.3, 0.4) is 0 Å². The number of benzene rings is 1. The van der Waals surface area contributed by atoms with Crippen LogP contribution in [0, 0.1) is 0 Å². The number of hydrogen-bond acceptors (Lipinski definition) is 2. The molecule has 0 heterocycles. The van der Waals surface area contributed by atoms with Gasteiger partial charge < -0.3 is 4.74 Å². The van der Waals surface area contributed by atoms with Crippen molar-refractivity contribution in [3.05, 3.63) is 48.6 Å². The van der Waals surface area contributed by atoms with Crippen molar-refractivity contribution in [3.8, 4) is 0 Å². The van der Waals surface area contributed by atoms with Gasteiger partial charge in [-0.05, 0) is 18.4 Å². The topological polar surface area (TPSA) is 26.3 Å². The molecule has 0 bridgehead atoms. The number of rotatable bonds is 10. The Hall–Kier alpha value is -1.57. The molecule has 0 N–H and O–H groups in total. The van der Waals surface area contributed by atoms with Gasteiger partial charge in [-0.2, -0.15) is 0 Å². The number of carbonyl (C=O) groups excluding carboxylic acids is 1. The molecule has 0 fully saturated rings. The van der Waals surface area contributed by atoms with Gasteiger partial charge in [-0.3, -0.25) is 0 Å². The summed E-state index contributed by atoms with van der Waals surface area (Å²) in [5.41, 5.74) is 1.07. The van der Waals surface area contributed by atoms with E-state index >= 15 is 0 Å². The fourth-order valence-corrected chi connectivity index (χ4v) is 2.26. The summed E-state index contributed by atoms with van der Waals surface area (Å²) in [6.07, 6.45) is 9.42. The maximum atomic E-state index is 11.4. The first-order chi connectivity index (χ1) is 9.77. The lowest BCUT2D eigenvalue weighted by Gasteiger charge is -2.17. The molecule has 1 atom stereocenters. The molecule has 20 heavy (non-hydrogen) atoms. The predicted octanol–water partition coefficient (Wildman–Crippen LogP) is 5.21. The monoisotopic (exact) mass is 274 g/mol. The van der Waals surface area contributed by atoms with Crippen LogP contribution >= 0.6 is 0 Å². The number of ether oxygens (including phenoxy) is 1. The molecule has 2 nitrogen and oxygen atoms in total. The molecular weight excluding hydrogens is 248 g/mol. The highest BCUT2D eigenvalue weighted by Gasteiger charge is 2.14. The molecule has 0 saturated carbocycles. The Kier molecular flexibility index (Phi) is 8.44. The number of unbranched alkanes of at least 4 members (excludes halogenated alkanes) is 5. The minimum atomic E-state index is -0.343. The Labute approximate surface area is 122 Å². The summed E-state index contributed by atoms with van der Waals surface area (Å²) in [5, 5.41) is 0. The van der Waals surface area contributed by atoms with E-state index in [4.69, 9.17) is 4.74 Å². The summed E-state index contributed by atoms with van der Waals surface area (Å²) in [6, 6.07) is 9.95. The van der Waals surface area contributed by atoms with Crippen molar-refractivity contribution in [1.82, 2.24) is 0 Å². The Morgan fingerprint density at radius 1 is 1.15 bits per heavy atom. The van der Waals surface area contributed by atoms with Crippen molar-refractivity contribution >= 4 is 5.97 Å². The molecule has 0 aliphatic carbocycles. The largest absolute Gasteiger partial charge is 0.454 e. The lowest BCUT2D eigenvalue weighted by molar-refractivity contribution is -0.143. The highest BCUT2D eigenvalue weighted by Crippen LogP contribution is 2.24. The Balaban J connectivity index is 2.43. The highest BCUT2D eigenvalue weighted by molar-refractivity contribution is 5.81. The molecule has 0 aliphatic heterocycles. The number of esters is 1. The molecule has 0 radical (unpaired) electrons. The third-order valence-electron chi connectivity index (χ3n) is 3.42. The Bertz CT molecular complexity index is 384. The lowest BCUT2D eigenvalue weighted by Crippen LogP contribution is -2.09. The van der Waals surface area contributed by atoms with Gasteiger partial charge in [0.2, 0.25) is 0 Å². The van der Waals surface area contributed by atoms with Crippen molar-refractivity contribution in [3.63, 3.8) is 0 Å². The first-order valence-electron chi connectivity index (χ1n) is 7.66. The molecule has 0 amide bonds. The Morgan fingerprint density at radius 3 is 2.45 bits per heavy atom. The fraction of sp³-hybridized carbons (Fsp3) is 0.500. The molecule has 1 rings (SSSR count). The smallest absolute Gasteiger partial charge is 0.330 e. The highest BCUT2D eigenvalue weighted by atomic mass is 16.5. The molecular formula is C18H26O2. The van der Waals surface area contributed by atoms with Gasteiger partial charge in [0.25, 0.3) is 0 Å². The molecule has 0 spiro atoms. The van der Waals surface area contributed by atoms with Gasteiger partial charge in [-0.1, -0.05) is 75.9 Å². The normalized spacial score (nSPS) is 11.8. The summed E-state index contributed by atoms with van der Waals surface area (Å²) in [7, 11) is 0. The second kappa shape index (κ2) is 10.2. The van der Waals surface area contributed by atoms with Gasteiger partial charge in [-0.25, -0.2) is 4.79 Å². The van der Waals surface area contributed by atoms with E-state index < -0.39 is 0 Å². The van der Waals surface area contributed by atoms with Gasteiger partial charge in [-0.15, -0.1) is 0 Å². The van der Waals surface area contributed by atoms with Crippen LogP contribution < -0.4 is 0 Å². The van der Waals surface area contributed by atoms with E-state index in [9.17, 15) is 4.79 Å². The van der Waals surface area contributed by atoms with Crippen LogP contribution in [0.4, 0.5) is 0 Å². The van der Waals surface area contributed by atoms with E-state index in [1.165, 1.54) is 38.2 Å². The first kappa shape index (κ1) is 16.5. The van der Waals surface area contributed by atoms with Crippen molar-refractivity contribution in [2.24, 2.45) is 0 Å². The molecule has 0 aliphatic rings. The second-order valence-corrected chi connectivity index (χ2v) is 5.10. The van der Waals surface area contributed by atoms with Crippen molar-refractivity contribution in [1.29, 1.82) is 0 Å². The molecule has 0 aromatic heterocycles. The fourth-order valence-electron chi connectivity index (χ4n) is 2.26. The van der Waals surface area contributed by atoms with E-state index in [1.807, 2.05) is 30.3 Å². The van der Waals surface area contributed by atoms with E-state index in [1.54, 1.807) is 0 Å². The quantitative estimate of drug-likeness (QED) is 0.333. The van der Waals surface area contributed by atoms with Gasteiger partial charge in [0.1, 0.15) is 6.10 Å². The van der Waals surface area contributed by atoms with E-state index in [2.05, 4.69) is 13.5 Å². The SMILES string of the molecule is C=CC(=O)OC(CCCCCCCC)c1ccccc1. The number of hydrogen-bond donors (Lipinski definition) is 0. The third kappa shape index (κ3) is 6.55. The second-order valence-electron chi connectivity index (χ2n) is 5.10. The maximum Gasteiger partial charge on any atom is 0.330 e. The van der Waals surface area contributed by atoms with Gasteiger partial charge in [0.15, 0.2) is 0 Å². The van der Waals surface area contributed by atoms with Gasteiger partial charge >= 0.3 is 5.97 Å². The molecule has 110 valence electrons. The number of carbonyl (C=O) groups is 1.